The van der Waals surface area contributed by atoms with Gasteiger partial charge in [0, 0.05) is 25.0 Å². The second-order valence-electron chi connectivity index (χ2n) is 5.78. The fraction of sp³-hybridized carbons (Fsp3) is 0.923. The lowest BCUT2D eigenvalue weighted by Gasteiger charge is -2.25. The van der Waals surface area contributed by atoms with Gasteiger partial charge in [-0.2, -0.15) is 0 Å². The zero-order valence-electron chi connectivity index (χ0n) is 10.9. The van der Waals surface area contributed by atoms with Gasteiger partial charge >= 0.3 is 0 Å². The molecule has 1 N–H and O–H groups in total. The van der Waals surface area contributed by atoms with Gasteiger partial charge in [0.1, 0.15) is 0 Å². The average molecular weight is 223 g/mol. The molecule has 0 aromatic heterocycles. The summed E-state index contributed by atoms with van der Waals surface area (Å²) < 4.78 is 0. The first kappa shape index (κ1) is 11.9. The number of nitrogens with one attached hydrogen (secondary N) is 1. The second-order valence-corrected chi connectivity index (χ2v) is 5.78. The molecule has 3 nitrogen and oxygen atoms in total. The van der Waals surface area contributed by atoms with E-state index in [0.717, 1.165) is 18.9 Å². The van der Waals surface area contributed by atoms with Crippen molar-refractivity contribution in [3.8, 4) is 0 Å². The summed E-state index contributed by atoms with van der Waals surface area (Å²) in [7, 11) is 4.31. The van der Waals surface area contributed by atoms with E-state index in [1.807, 2.05) is 0 Å². The molecule has 0 amide bonds. The van der Waals surface area contributed by atoms with Crippen LogP contribution in [0.3, 0.4) is 0 Å². The first-order valence-corrected chi connectivity index (χ1v) is 6.59. The summed E-state index contributed by atoms with van der Waals surface area (Å²) in [4.78, 5) is 4.64. The van der Waals surface area contributed by atoms with E-state index in [-0.39, 0.29) is 0 Å². The van der Waals surface area contributed by atoms with Crippen molar-refractivity contribution < 1.29 is 0 Å². The molecule has 0 aromatic carbocycles. The monoisotopic (exact) mass is 223 g/mol. The second kappa shape index (κ2) is 4.74. The zero-order valence-corrected chi connectivity index (χ0v) is 10.9. The molecule has 16 heavy (non-hydrogen) atoms. The van der Waals surface area contributed by atoms with Crippen LogP contribution in [0.15, 0.2) is 0 Å². The highest BCUT2D eigenvalue weighted by atomic mass is 15.3. The lowest BCUT2D eigenvalue weighted by Crippen LogP contribution is -2.37. The standard InChI is InChI=1S/C13H25N3/c1-10-8-16(9-12(10)15(2)3)13(14)11-6-4-5-7-11/h10-12,14H,4-9H2,1-3H3. The van der Waals surface area contributed by atoms with Crippen LogP contribution in [0.5, 0.6) is 0 Å². The smallest absolute Gasteiger partial charge is 0.0990 e. The Morgan fingerprint density at radius 2 is 1.81 bits per heavy atom. The van der Waals surface area contributed by atoms with Crippen LogP contribution in [0, 0.1) is 17.2 Å². The summed E-state index contributed by atoms with van der Waals surface area (Å²) >= 11 is 0. The average Bonchev–Trinajstić information content (AvgIpc) is 2.84. The molecular weight excluding hydrogens is 198 g/mol. The van der Waals surface area contributed by atoms with Crippen molar-refractivity contribution >= 4 is 5.84 Å². The van der Waals surface area contributed by atoms with Gasteiger partial charge in [0.05, 0.1) is 5.84 Å². The van der Waals surface area contributed by atoms with Crippen molar-refractivity contribution in [2.75, 3.05) is 27.2 Å². The van der Waals surface area contributed by atoms with Crippen LogP contribution in [-0.4, -0.2) is 48.9 Å². The highest BCUT2D eigenvalue weighted by Crippen LogP contribution is 2.29. The van der Waals surface area contributed by atoms with Gasteiger partial charge in [0.25, 0.3) is 0 Å². The van der Waals surface area contributed by atoms with E-state index in [1.54, 1.807) is 0 Å². The van der Waals surface area contributed by atoms with E-state index in [9.17, 15) is 0 Å². The van der Waals surface area contributed by atoms with Crippen molar-refractivity contribution in [1.82, 2.24) is 9.80 Å². The van der Waals surface area contributed by atoms with Crippen LogP contribution in [0.4, 0.5) is 0 Å². The Morgan fingerprint density at radius 1 is 1.19 bits per heavy atom. The van der Waals surface area contributed by atoms with Crippen molar-refractivity contribution in [2.24, 2.45) is 11.8 Å². The summed E-state index contributed by atoms with van der Waals surface area (Å²) in [6.07, 6.45) is 5.15. The fourth-order valence-electron chi connectivity index (χ4n) is 3.28. The van der Waals surface area contributed by atoms with Crippen LogP contribution >= 0.6 is 0 Å². The first-order chi connectivity index (χ1) is 7.59. The maximum Gasteiger partial charge on any atom is 0.0990 e. The number of hydrogen-bond acceptors (Lipinski definition) is 2. The molecule has 2 rings (SSSR count). The van der Waals surface area contributed by atoms with Crippen LogP contribution in [0.1, 0.15) is 32.6 Å². The Kier molecular flexibility index (Phi) is 3.53. The van der Waals surface area contributed by atoms with Crippen molar-refractivity contribution in [3.63, 3.8) is 0 Å². The zero-order chi connectivity index (χ0) is 11.7. The third-order valence-corrected chi connectivity index (χ3v) is 4.32. The van der Waals surface area contributed by atoms with Gasteiger partial charge in [-0.25, -0.2) is 0 Å². The molecule has 3 heteroatoms. The van der Waals surface area contributed by atoms with Crippen molar-refractivity contribution in [3.05, 3.63) is 0 Å². The highest BCUT2D eigenvalue weighted by Gasteiger charge is 2.34. The van der Waals surface area contributed by atoms with Crippen LogP contribution in [0.2, 0.25) is 0 Å². The van der Waals surface area contributed by atoms with Gasteiger partial charge in [-0.1, -0.05) is 19.8 Å². The number of nitrogens with zero attached hydrogens (tertiary/aromatic N) is 2. The Hall–Kier alpha value is -0.570. The predicted molar refractivity (Wildman–Crippen MR) is 67.9 cm³/mol. The van der Waals surface area contributed by atoms with Gasteiger partial charge in [-0.05, 0) is 32.9 Å². The molecule has 1 saturated heterocycles. The minimum atomic E-state index is 0.563. The molecule has 1 aliphatic carbocycles. The molecule has 2 aliphatic rings. The molecule has 2 unspecified atom stereocenters. The molecule has 0 bridgehead atoms. The molecule has 92 valence electrons. The van der Waals surface area contributed by atoms with Gasteiger partial charge in [-0.15, -0.1) is 0 Å². The summed E-state index contributed by atoms with van der Waals surface area (Å²) in [5, 5.41) is 8.31. The molecule has 1 saturated carbocycles. The highest BCUT2D eigenvalue weighted by molar-refractivity contribution is 5.82. The Bertz CT molecular complexity index is 256. The Morgan fingerprint density at radius 3 is 2.31 bits per heavy atom. The topological polar surface area (TPSA) is 30.3 Å². The largest absolute Gasteiger partial charge is 0.358 e. The van der Waals surface area contributed by atoms with Crippen LogP contribution in [-0.2, 0) is 0 Å². The maximum atomic E-state index is 8.31. The van der Waals surface area contributed by atoms with Gasteiger partial charge in [0.15, 0.2) is 0 Å². The lowest BCUT2D eigenvalue weighted by molar-refractivity contribution is 0.262. The predicted octanol–water partition coefficient (Wildman–Crippen LogP) is 2.04. The van der Waals surface area contributed by atoms with E-state index in [4.69, 9.17) is 5.41 Å². The molecule has 0 aromatic rings. The van der Waals surface area contributed by atoms with E-state index < -0.39 is 0 Å². The summed E-state index contributed by atoms with van der Waals surface area (Å²) in [5.74, 6) is 2.18. The number of rotatable bonds is 2. The van der Waals surface area contributed by atoms with Crippen LogP contribution in [0.25, 0.3) is 0 Å². The minimum Gasteiger partial charge on any atom is -0.358 e. The summed E-state index contributed by atoms with van der Waals surface area (Å²) in [6, 6.07) is 0.627. The third kappa shape index (κ3) is 2.24. The van der Waals surface area contributed by atoms with Crippen LogP contribution < -0.4 is 0 Å². The van der Waals surface area contributed by atoms with E-state index in [0.29, 0.717) is 17.9 Å². The molecule has 1 aliphatic heterocycles. The number of hydrogen-bond donors (Lipinski definition) is 1. The number of amidine groups is 1. The Balaban J connectivity index is 1.94. The number of likely N-dealkylation sites (N-methyl/N-ethyl adjacent to an activating group) is 1. The lowest BCUT2D eigenvalue weighted by atomic mass is 10.1. The quantitative estimate of drug-likeness (QED) is 0.573. The molecule has 2 fully saturated rings. The van der Waals surface area contributed by atoms with E-state index in [1.165, 1.54) is 25.7 Å². The molecule has 0 spiro atoms. The van der Waals surface area contributed by atoms with Gasteiger partial charge in [0.2, 0.25) is 0 Å². The molecule has 2 atom stereocenters. The Labute approximate surface area is 99.3 Å². The molecule has 0 radical (unpaired) electrons. The van der Waals surface area contributed by atoms with Crippen molar-refractivity contribution in [1.29, 1.82) is 5.41 Å². The summed E-state index contributed by atoms with van der Waals surface area (Å²) in [6.45, 7) is 4.45. The third-order valence-electron chi connectivity index (χ3n) is 4.32. The fourth-order valence-corrected chi connectivity index (χ4v) is 3.28. The van der Waals surface area contributed by atoms with Gasteiger partial charge in [-0.3, -0.25) is 5.41 Å². The minimum absolute atomic E-state index is 0.563. The first-order valence-electron chi connectivity index (χ1n) is 6.59. The maximum absolute atomic E-state index is 8.31. The summed E-state index contributed by atoms with van der Waals surface area (Å²) in [5.41, 5.74) is 0. The van der Waals surface area contributed by atoms with Gasteiger partial charge < -0.3 is 9.80 Å². The molecular formula is C13H25N3. The van der Waals surface area contributed by atoms with E-state index >= 15 is 0 Å². The van der Waals surface area contributed by atoms with E-state index in [2.05, 4.69) is 30.8 Å². The van der Waals surface area contributed by atoms with Crippen molar-refractivity contribution in [2.45, 2.75) is 38.6 Å². The normalized spacial score (nSPS) is 31.6. The SMILES string of the molecule is CC1CN(C(=N)C2CCCC2)CC1N(C)C. The molecule has 1 heterocycles. The number of likely N-dealkylation sites (tertiary alicyclic amines) is 1.